The third kappa shape index (κ3) is 4.09. The van der Waals surface area contributed by atoms with Gasteiger partial charge >= 0.3 is 6.09 Å². The number of carbonyl (C=O) groups excluding carboxylic acids is 2. The van der Waals surface area contributed by atoms with Crippen LogP contribution in [0.4, 0.5) is 18.7 Å². The van der Waals surface area contributed by atoms with Gasteiger partial charge in [-0.05, 0) is 33.3 Å². The van der Waals surface area contributed by atoms with E-state index in [0.717, 1.165) is 17.4 Å². The highest BCUT2D eigenvalue weighted by molar-refractivity contribution is 7.22. The van der Waals surface area contributed by atoms with Gasteiger partial charge in [0.05, 0.1) is 10.6 Å². The quantitative estimate of drug-likeness (QED) is 0.857. The molecule has 9 heteroatoms. The highest BCUT2D eigenvalue weighted by Gasteiger charge is 2.33. The molecule has 1 N–H and O–H groups in total. The summed E-state index contributed by atoms with van der Waals surface area (Å²) in [6, 6.07) is 1.93. The summed E-state index contributed by atoms with van der Waals surface area (Å²) in [5.41, 5.74) is -0.578. The summed E-state index contributed by atoms with van der Waals surface area (Å²) in [7, 11) is 0. The second-order valence-electron chi connectivity index (χ2n) is 7.15. The average molecular weight is 383 g/mol. The third-order valence-corrected chi connectivity index (χ3v) is 4.77. The summed E-state index contributed by atoms with van der Waals surface area (Å²) in [4.78, 5) is 30.0. The van der Waals surface area contributed by atoms with Crippen LogP contribution >= 0.6 is 11.3 Å². The van der Waals surface area contributed by atoms with Gasteiger partial charge in [-0.15, -0.1) is 0 Å². The number of likely N-dealkylation sites (tertiary alicyclic amines) is 1. The second kappa shape index (κ2) is 6.79. The summed E-state index contributed by atoms with van der Waals surface area (Å²) in [5.74, 6) is -2.18. The van der Waals surface area contributed by atoms with Crippen LogP contribution in [-0.4, -0.2) is 40.6 Å². The summed E-state index contributed by atoms with van der Waals surface area (Å²) in [6.07, 6.45) is 0.0456. The van der Waals surface area contributed by atoms with E-state index in [1.807, 2.05) is 0 Å². The molecule has 1 atom stereocenters. The Morgan fingerprint density at radius 3 is 2.77 bits per heavy atom. The lowest BCUT2D eigenvalue weighted by molar-refractivity contribution is -0.119. The number of ether oxygens (including phenoxy) is 1. The third-order valence-electron chi connectivity index (χ3n) is 3.85. The molecule has 0 saturated carbocycles. The molecular formula is C17H19F2N3O3S. The van der Waals surface area contributed by atoms with Crippen LogP contribution in [-0.2, 0) is 9.53 Å². The molecule has 1 aromatic heterocycles. The van der Waals surface area contributed by atoms with E-state index in [-0.39, 0.29) is 23.1 Å². The molecule has 0 bridgehead atoms. The van der Waals surface area contributed by atoms with E-state index >= 15 is 0 Å². The molecule has 1 saturated heterocycles. The van der Waals surface area contributed by atoms with Gasteiger partial charge in [-0.3, -0.25) is 4.79 Å². The summed E-state index contributed by atoms with van der Waals surface area (Å²) >= 11 is 0.999. The standard InChI is InChI=1S/C17H19F2N3O3S/c1-17(2,3)25-16(24)22-5-4-9(8-22)14(23)21-15-20-13-11(19)6-10(18)7-12(13)26-15/h6-7,9H,4-5,8H2,1-3H3,(H,20,21,23). The highest BCUT2D eigenvalue weighted by atomic mass is 32.1. The molecule has 2 aromatic rings. The van der Waals surface area contributed by atoms with E-state index in [9.17, 15) is 18.4 Å². The Kier molecular flexibility index (Phi) is 4.83. The van der Waals surface area contributed by atoms with Gasteiger partial charge < -0.3 is 15.0 Å². The first-order valence-corrected chi connectivity index (χ1v) is 8.98. The van der Waals surface area contributed by atoms with E-state index in [4.69, 9.17) is 4.74 Å². The number of fused-ring (bicyclic) bond motifs is 1. The van der Waals surface area contributed by atoms with Gasteiger partial charge in [-0.1, -0.05) is 11.3 Å². The van der Waals surface area contributed by atoms with Gasteiger partial charge in [0.2, 0.25) is 5.91 Å². The van der Waals surface area contributed by atoms with Crippen LogP contribution in [0.15, 0.2) is 12.1 Å². The van der Waals surface area contributed by atoms with Crippen LogP contribution < -0.4 is 5.32 Å². The zero-order valence-electron chi connectivity index (χ0n) is 14.6. The van der Waals surface area contributed by atoms with Crippen LogP contribution in [0.1, 0.15) is 27.2 Å². The lowest BCUT2D eigenvalue weighted by atomic mass is 10.1. The fourth-order valence-corrected chi connectivity index (χ4v) is 3.59. The maximum absolute atomic E-state index is 13.7. The number of halogens is 2. The van der Waals surface area contributed by atoms with E-state index in [0.29, 0.717) is 17.7 Å². The molecule has 140 valence electrons. The Morgan fingerprint density at radius 2 is 2.08 bits per heavy atom. The fourth-order valence-electron chi connectivity index (χ4n) is 2.68. The maximum Gasteiger partial charge on any atom is 0.410 e. The van der Waals surface area contributed by atoms with Crippen LogP contribution in [0.2, 0.25) is 0 Å². The number of rotatable bonds is 2. The molecule has 1 aliphatic heterocycles. The van der Waals surface area contributed by atoms with Gasteiger partial charge in [-0.25, -0.2) is 18.6 Å². The monoisotopic (exact) mass is 383 g/mol. The van der Waals surface area contributed by atoms with Crippen molar-refractivity contribution in [2.24, 2.45) is 5.92 Å². The van der Waals surface area contributed by atoms with E-state index in [1.165, 1.54) is 11.0 Å². The number of aromatic nitrogens is 1. The minimum absolute atomic E-state index is 0.0218. The van der Waals surface area contributed by atoms with Crippen LogP contribution in [0, 0.1) is 17.6 Å². The van der Waals surface area contributed by atoms with Crippen molar-refractivity contribution < 1.29 is 23.1 Å². The number of nitrogens with one attached hydrogen (secondary N) is 1. The molecule has 0 spiro atoms. The predicted octanol–water partition coefficient (Wildman–Crippen LogP) is 3.77. The van der Waals surface area contributed by atoms with Crippen LogP contribution in [0.25, 0.3) is 10.2 Å². The molecule has 2 heterocycles. The fraction of sp³-hybridized carbons (Fsp3) is 0.471. The van der Waals surface area contributed by atoms with Gasteiger partial charge in [0.15, 0.2) is 10.9 Å². The molecule has 3 rings (SSSR count). The minimum Gasteiger partial charge on any atom is -0.444 e. The largest absolute Gasteiger partial charge is 0.444 e. The topological polar surface area (TPSA) is 71.5 Å². The number of hydrogen-bond acceptors (Lipinski definition) is 5. The van der Waals surface area contributed by atoms with Gasteiger partial charge in [0.1, 0.15) is 16.9 Å². The van der Waals surface area contributed by atoms with Crippen molar-refractivity contribution in [2.45, 2.75) is 32.8 Å². The van der Waals surface area contributed by atoms with Crippen LogP contribution in [0.5, 0.6) is 0 Å². The smallest absolute Gasteiger partial charge is 0.410 e. The number of anilines is 1. The molecule has 1 fully saturated rings. The van der Waals surface area contributed by atoms with Gasteiger partial charge in [-0.2, -0.15) is 0 Å². The van der Waals surface area contributed by atoms with Gasteiger partial charge in [0, 0.05) is 19.2 Å². The number of benzene rings is 1. The Labute approximate surface area is 153 Å². The van der Waals surface area contributed by atoms with Crippen molar-refractivity contribution in [1.82, 2.24) is 9.88 Å². The first-order valence-electron chi connectivity index (χ1n) is 8.17. The molecule has 26 heavy (non-hydrogen) atoms. The lowest BCUT2D eigenvalue weighted by Gasteiger charge is -2.24. The van der Waals surface area contributed by atoms with Crippen molar-refractivity contribution in [3.63, 3.8) is 0 Å². The molecule has 1 unspecified atom stereocenters. The van der Waals surface area contributed by atoms with Crippen molar-refractivity contribution in [3.05, 3.63) is 23.8 Å². The lowest BCUT2D eigenvalue weighted by Crippen LogP contribution is -2.36. The van der Waals surface area contributed by atoms with Crippen molar-refractivity contribution >= 4 is 38.7 Å². The Morgan fingerprint density at radius 1 is 1.35 bits per heavy atom. The molecule has 1 aromatic carbocycles. The van der Waals surface area contributed by atoms with E-state index < -0.39 is 29.2 Å². The summed E-state index contributed by atoms with van der Waals surface area (Å²) in [6.45, 7) is 6.00. The Balaban J connectivity index is 1.64. The number of nitrogens with zero attached hydrogens (tertiary/aromatic N) is 2. The van der Waals surface area contributed by atoms with Crippen LogP contribution in [0.3, 0.4) is 0 Å². The number of hydrogen-bond donors (Lipinski definition) is 1. The zero-order chi connectivity index (χ0) is 19.1. The first kappa shape index (κ1) is 18.5. The second-order valence-corrected chi connectivity index (χ2v) is 8.19. The summed E-state index contributed by atoms with van der Waals surface area (Å²) < 4.78 is 32.6. The molecule has 0 aliphatic carbocycles. The van der Waals surface area contributed by atoms with Crippen molar-refractivity contribution in [2.75, 3.05) is 18.4 Å². The molecule has 2 amide bonds. The molecule has 1 aliphatic rings. The molecular weight excluding hydrogens is 364 g/mol. The number of amides is 2. The van der Waals surface area contributed by atoms with E-state index in [1.54, 1.807) is 20.8 Å². The Bertz CT molecular complexity index is 863. The molecule has 6 nitrogen and oxygen atoms in total. The first-order chi connectivity index (χ1) is 12.1. The molecule has 0 radical (unpaired) electrons. The van der Waals surface area contributed by atoms with Gasteiger partial charge in [0.25, 0.3) is 0 Å². The normalized spacial score (nSPS) is 17.6. The minimum atomic E-state index is -0.770. The van der Waals surface area contributed by atoms with E-state index in [2.05, 4.69) is 10.3 Å². The number of thiazole rings is 1. The average Bonchev–Trinajstić information content (AvgIpc) is 3.12. The highest BCUT2D eigenvalue weighted by Crippen LogP contribution is 2.29. The van der Waals surface area contributed by atoms with Crippen molar-refractivity contribution in [1.29, 1.82) is 0 Å². The Hall–Kier alpha value is -2.29. The zero-order valence-corrected chi connectivity index (χ0v) is 15.5. The number of carbonyl (C=O) groups is 2. The predicted molar refractivity (Wildman–Crippen MR) is 94.1 cm³/mol. The summed E-state index contributed by atoms with van der Waals surface area (Å²) in [5, 5.41) is 2.83. The maximum atomic E-state index is 13.7. The van der Waals surface area contributed by atoms with Crippen molar-refractivity contribution in [3.8, 4) is 0 Å². The SMILES string of the molecule is CC(C)(C)OC(=O)N1CCC(C(=O)Nc2nc3c(F)cc(F)cc3s2)C1.